The fourth-order valence-corrected chi connectivity index (χ4v) is 2.50. The summed E-state index contributed by atoms with van der Waals surface area (Å²) in [4.78, 5) is 4.18. The van der Waals surface area contributed by atoms with Crippen molar-refractivity contribution in [3.63, 3.8) is 0 Å². The van der Waals surface area contributed by atoms with Crippen LogP contribution in [0.3, 0.4) is 0 Å². The highest BCUT2D eigenvalue weighted by Crippen LogP contribution is 2.21. The summed E-state index contributed by atoms with van der Waals surface area (Å²) in [6.07, 6.45) is 8.20. The van der Waals surface area contributed by atoms with E-state index in [9.17, 15) is 0 Å². The number of allylic oxidation sites excluding steroid dienone is 2. The predicted molar refractivity (Wildman–Crippen MR) is 109 cm³/mol. The monoisotopic (exact) mass is 336 g/mol. The van der Waals surface area contributed by atoms with Gasteiger partial charge in [-0.2, -0.15) is 0 Å². The molecule has 2 rings (SSSR count). The molecule has 3 nitrogen and oxygen atoms in total. The number of benzene rings is 2. The van der Waals surface area contributed by atoms with Gasteiger partial charge in [-0.05, 0) is 35.4 Å². The zero-order chi connectivity index (χ0) is 18.2. The maximum atomic E-state index is 5.59. The SMILES string of the molecule is COC(/C=C/C=C/c1ccc(N(C)C)cc1)c1ccc(N(C)C)cc1. The minimum Gasteiger partial charge on any atom is -0.378 e. The van der Waals surface area contributed by atoms with Crippen LogP contribution in [-0.4, -0.2) is 35.3 Å². The van der Waals surface area contributed by atoms with E-state index in [1.54, 1.807) is 7.11 Å². The van der Waals surface area contributed by atoms with Gasteiger partial charge in [0.05, 0.1) is 0 Å². The fraction of sp³-hybridized carbons (Fsp3) is 0.273. The van der Waals surface area contributed by atoms with E-state index in [1.165, 1.54) is 16.9 Å². The van der Waals surface area contributed by atoms with Crippen LogP contribution in [0.2, 0.25) is 0 Å². The third kappa shape index (κ3) is 5.50. The van der Waals surface area contributed by atoms with Crippen molar-refractivity contribution in [2.24, 2.45) is 0 Å². The minimum atomic E-state index is -0.0445. The van der Waals surface area contributed by atoms with Crippen LogP contribution in [0.25, 0.3) is 6.08 Å². The van der Waals surface area contributed by atoms with E-state index in [1.807, 2.05) is 40.3 Å². The molecule has 0 aliphatic carbocycles. The molecule has 2 aromatic rings. The van der Waals surface area contributed by atoms with Crippen LogP contribution in [-0.2, 0) is 4.74 Å². The normalized spacial score (nSPS) is 12.7. The molecule has 0 saturated heterocycles. The Bertz CT molecular complexity index is 698. The first-order chi connectivity index (χ1) is 12.0. The second-order valence-corrected chi connectivity index (χ2v) is 6.37. The molecule has 25 heavy (non-hydrogen) atoms. The molecular formula is C22H28N2O. The van der Waals surface area contributed by atoms with Crippen molar-refractivity contribution in [3.8, 4) is 0 Å². The molecule has 0 aromatic heterocycles. The van der Waals surface area contributed by atoms with Gasteiger partial charge in [0, 0.05) is 46.7 Å². The number of nitrogens with zero attached hydrogens (tertiary/aromatic N) is 2. The Balaban J connectivity index is 2.00. The van der Waals surface area contributed by atoms with E-state index < -0.39 is 0 Å². The molecule has 132 valence electrons. The number of ether oxygens (including phenoxy) is 1. The molecule has 3 heteroatoms. The Labute approximate surface area is 151 Å². The van der Waals surface area contributed by atoms with Gasteiger partial charge >= 0.3 is 0 Å². The number of hydrogen-bond donors (Lipinski definition) is 0. The van der Waals surface area contributed by atoms with Crippen LogP contribution in [0.1, 0.15) is 17.2 Å². The van der Waals surface area contributed by atoms with Crippen LogP contribution in [0.5, 0.6) is 0 Å². The Hall–Kier alpha value is -2.52. The van der Waals surface area contributed by atoms with Crippen LogP contribution in [0.4, 0.5) is 11.4 Å². The van der Waals surface area contributed by atoms with E-state index in [-0.39, 0.29) is 6.10 Å². The summed E-state index contributed by atoms with van der Waals surface area (Å²) in [6.45, 7) is 0. The van der Waals surface area contributed by atoms with Gasteiger partial charge in [-0.25, -0.2) is 0 Å². The summed E-state index contributed by atoms with van der Waals surface area (Å²) in [5.74, 6) is 0. The largest absolute Gasteiger partial charge is 0.378 e. The molecule has 2 aromatic carbocycles. The summed E-state index contributed by atoms with van der Waals surface area (Å²) < 4.78 is 5.59. The van der Waals surface area contributed by atoms with E-state index in [0.717, 1.165) is 5.56 Å². The van der Waals surface area contributed by atoms with Crippen molar-refractivity contribution in [1.29, 1.82) is 0 Å². The first kappa shape index (κ1) is 18.8. The summed E-state index contributed by atoms with van der Waals surface area (Å²) in [6, 6.07) is 16.9. The lowest BCUT2D eigenvalue weighted by molar-refractivity contribution is 0.143. The summed E-state index contributed by atoms with van der Waals surface area (Å²) in [7, 11) is 9.91. The van der Waals surface area contributed by atoms with Gasteiger partial charge in [-0.15, -0.1) is 0 Å². The lowest BCUT2D eigenvalue weighted by Crippen LogP contribution is -2.08. The molecule has 0 aliphatic rings. The van der Waals surface area contributed by atoms with Gasteiger partial charge in [0.1, 0.15) is 6.10 Å². The van der Waals surface area contributed by atoms with Gasteiger partial charge in [-0.3, -0.25) is 0 Å². The minimum absolute atomic E-state index is 0.0445. The maximum absolute atomic E-state index is 5.59. The van der Waals surface area contributed by atoms with Crippen LogP contribution in [0, 0.1) is 0 Å². The molecule has 1 atom stereocenters. The Morgan fingerprint density at radius 2 is 1.28 bits per heavy atom. The molecule has 0 saturated carbocycles. The molecule has 0 N–H and O–H groups in total. The second-order valence-electron chi connectivity index (χ2n) is 6.37. The third-order valence-corrected chi connectivity index (χ3v) is 4.09. The van der Waals surface area contributed by atoms with E-state index in [0.29, 0.717) is 0 Å². The van der Waals surface area contributed by atoms with Gasteiger partial charge in [0.25, 0.3) is 0 Å². The van der Waals surface area contributed by atoms with Crippen LogP contribution in [0.15, 0.2) is 66.8 Å². The number of hydrogen-bond acceptors (Lipinski definition) is 3. The van der Waals surface area contributed by atoms with Crippen molar-refractivity contribution >= 4 is 17.5 Å². The number of methoxy groups -OCH3 is 1. The first-order valence-electron chi connectivity index (χ1n) is 8.43. The highest BCUT2D eigenvalue weighted by molar-refractivity contribution is 5.56. The zero-order valence-corrected chi connectivity index (χ0v) is 15.8. The topological polar surface area (TPSA) is 15.7 Å². The van der Waals surface area contributed by atoms with Gasteiger partial charge in [-0.1, -0.05) is 48.6 Å². The number of rotatable bonds is 7. The van der Waals surface area contributed by atoms with Crippen molar-refractivity contribution in [3.05, 3.63) is 77.9 Å². The molecule has 0 bridgehead atoms. The second kappa shape index (κ2) is 9.09. The number of anilines is 2. The van der Waals surface area contributed by atoms with E-state index >= 15 is 0 Å². The Morgan fingerprint density at radius 1 is 0.760 bits per heavy atom. The molecule has 0 radical (unpaired) electrons. The lowest BCUT2D eigenvalue weighted by atomic mass is 10.1. The first-order valence-corrected chi connectivity index (χ1v) is 8.43. The van der Waals surface area contributed by atoms with E-state index in [4.69, 9.17) is 4.74 Å². The summed E-state index contributed by atoms with van der Waals surface area (Å²) >= 11 is 0. The van der Waals surface area contributed by atoms with Crippen molar-refractivity contribution < 1.29 is 4.74 Å². The average Bonchev–Trinajstić information content (AvgIpc) is 2.62. The average molecular weight is 336 g/mol. The van der Waals surface area contributed by atoms with Crippen molar-refractivity contribution in [1.82, 2.24) is 0 Å². The van der Waals surface area contributed by atoms with Gasteiger partial charge in [0.15, 0.2) is 0 Å². The molecule has 0 fully saturated rings. The lowest BCUT2D eigenvalue weighted by Gasteiger charge is -2.15. The molecule has 0 aliphatic heterocycles. The highest BCUT2D eigenvalue weighted by atomic mass is 16.5. The molecule has 1 unspecified atom stereocenters. The van der Waals surface area contributed by atoms with Gasteiger partial charge in [0.2, 0.25) is 0 Å². The quantitative estimate of drug-likeness (QED) is 0.677. The van der Waals surface area contributed by atoms with Crippen LogP contribution >= 0.6 is 0 Å². The summed E-state index contributed by atoms with van der Waals surface area (Å²) in [5, 5.41) is 0. The Morgan fingerprint density at radius 3 is 1.76 bits per heavy atom. The molecule has 0 spiro atoms. The maximum Gasteiger partial charge on any atom is 0.101 e. The highest BCUT2D eigenvalue weighted by Gasteiger charge is 2.06. The van der Waals surface area contributed by atoms with Gasteiger partial charge < -0.3 is 14.5 Å². The van der Waals surface area contributed by atoms with Crippen molar-refractivity contribution in [2.75, 3.05) is 45.1 Å². The zero-order valence-electron chi connectivity index (χ0n) is 15.8. The van der Waals surface area contributed by atoms with Crippen molar-refractivity contribution in [2.45, 2.75) is 6.10 Å². The standard InChI is InChI=1S/C22H28N2O/c1-23(2)20-14-10-18(11-15-20)8-6-7-9-22(25-5)19-12-16-21(17-13-19)24(3)4/h6-17,22H,1-5H3/b8-6+,9-7+. The predicted octanol–water partition coefficient (Wildman–Crippen LogP) is 4.78. The third-order valence-electron chi connectivity index (χ3n) is 4.09. The smallest absolute Gasteiger partial charge is 0.101 e. The molecule has 0 heterocycles. The summed E-state index contributed by atoms with van der Waals surface area (Å²) in [5.41, 5.74) is 4.71. The fourth-order valence-electron chi connectivity index (χ4n) is 2.50. The molecular weight excluding hydrogens is 308 g/mol. The van der Waals surface area contributed by atoms with Crippen LogP contribution < -0.4 is 9.80 Å². The van der Waals surface area contributed by atoms with E-state index in [2.05, 4.69) is 70.5 Å². The Kier molecular flexibility index (Phi) is 6.84. The molecule has 0 amide bonds.